The molecule has 0 unspecified atom stereocenters. The largest absolute Gasteiger partial charge is 0.298 e. The Kier molecular flexibility index (Phi) is 4.44. The Labute approximate surface area is 123 Å². The molecule has 0 radical (unpaired) electrons. The van der Waals surface area contributed by atoms with Crippen LogP contribution in [0.5, 0.6) is 0 Å². The number of halogens is 1. The maximum atomic E-state index is 12.0. The number of hydrogen-bond acceptors (Lipinski definition) is 4. The maximum absolute atomic E-state index is 12.0. The van der Waals surface area contributed by atoms with Crippen molar-refractivity contribution in [1.29, 1.82) is 0 Å². The predicted molar refractivity (Wildman–Crippen MR) is 79.1 cm³/mol. The molecule has 0 aliphatic rings. The molecule has 19 heavy (non-hydrogen) atoms. The number of nitrogens with zero attached hydrogens (tertiary/aromatic N) is 1. The van der Waals surface area contributed by atoms with Crippen molar-refractivity contribution in [2.75, 3.05) is 5.32 Å². The van der Waals surface area contributed by atoms with Gasteiger partial charge in [0.05, 0.1) is 0 Å². The molecular weight excluding hydrogens is 328 g/mol. The lowest BCUT2D eigenvalue weighted by atomic mass is 10.1. The quantitative estimate of drug-likeness (QED) is 0.685. The molecule has 1 heterocycles. The molecule has 2 rings (SSSR count). The number of ketones is 1. The van der Waals surface area contributed by atoms with Crippen LogP contribution >= 0.6 is 27.3 Å². The second-order valence-electron chi connectivity index (χ2n) is 3.88. The summed E-state index contributed by atoms with van der Waals surface area (Å²) in [6.07, 6.45) is 0. The van der Waals surface area contributed by atoms with E-state index >= 15 is 0 Å². The number of amides is 1. The van der Waals surface area contributed by atoms with Crippen LogP contribution in [0.2, 0.25) is 0 Å². The summed E-state index contributed by atoms with van der Waals surface area (Å²) in [6, 6.07) is 7.27. The minimum atomic E-state index is -0.231. The molecule has 6 heteroatoms. The number of alkyl halides is 1. The van der Waals surface area contributed by atoms with Crippen LogP contribution in [-0.4, -0.2) is 16.7 Å². The first kappa shape index (κ1) is 13.9. The Bertz CT molecular complexity index is 607. The summed E-state index contributed by atoms with van der Waals surface area (Å²) in [5.41, 5.74) is 2.03. The highest BCUT2D eigenvalue weighted by atomic mass is 79.9. The van der Waals surface area contributed by atoms with E-state index in [1.54, 1.807) is 17.5 Å². The van der Waals surface area contributed by atoms with Crippen LogP contribution in [0.3, 0.4) is 0 Å². The molecule has 0 fully saturated rings. The van der Waals surface area contributed by atoms with Crippen LogP contribution in [-0.2, 0) is 5.33 Å². The second-order valence-corrected chi connectivity index (χ2v) is 5.30. The van der Waals surface area contributed by atoms with Crippen LogP contribution in [0.15, 0.2) is 29.6 Å². The van der Waals surface area contributed by atoms with Crippen molar-refractivity contribution in [3.63, 3.8) is 0 Å². The molecule has 0 aliphatic heterocycles. The van der Waals surface area contributed by atoms with E-state index in [9.17, 15) is 9.59 Å². The zero-order valence-electron chi connectivity index (χ0n) is 10.1. The molecule has 0 aliphatic carbocycles. The van der Waals surface area contributed by atoms with E-state index in [4.69, 9.17) is 0 Å². The average molecular weight is 339 g/mol. The fourth-order valence-electron chi connectivity index (χ4n) is 1.41. The van der Waals surface area contributed by atoms with Gasteiger partial charge in [-0.25, -0.2) is 4.98 Å². The van der Waals surface area contributed by atoms with E-state index in [1.165, 1.54) is 18.3 Å². The number of aromatic nitrogens is 1. The van der Waals surface area contributed by atoms with E-state index in [-0.39, 0.29) is 11.7 Å². The molecule has 0 bridgehead atoms. The van der Waals surface area contributed by atoms with Crippen LogP contribution in [0.25, 0.3) is 0 Å². The number of benzene rings is 1. The Morgan fingerprint density at radius 1 is 1.32 bits per heavy atom. The van der Waals surface area contributed by atoms with Crippen molar-refractivity contribution < 1.29 is 9.59 Å². The summed E-state index contributed by atoms with van der Waals surface area (Å²) >= 11 is 4.59. The molecule has 0 atom stereocenters. The molecule has 0 saturated heterocycles. The monoisotopic (exact) mass is 338 g/mol. The number of Topliss-reactive ketones (excluding diaryl/α,β-unsaturated/α-hetero) is 1. The van der Waals surface area contributed by atoms with Gasteiger partial charge in [0.15, 0.2) is 10.9 Å². The fraction of sp³-hybridized carbons (Fsp3) is 0.154. The van der Waals surface area contributed by atoms with Gasteiger partial charge >= 0.3 is 0 Å². The van der Waals surface area contributed by atoms with Gasteiger partial charge in [-0.2, -0.15) is 0 Å². The molecule has 1 N–H and O–H groups in total. The van der Waals surface area contributed by atoms with Gasteiger partial charge in [-0.15, -0.1) is 11.3 Å². The third-order valence-electron chi connectivity index (χ3n) is 2.46. The van der Waals surface area contributed by atoms with Gasteiger partial charge in [0, 0.05) is 23.2 Å². The molecule has 0 saturated carbocycles. The number of nitrogens with one attached hydrogen (secondary N) is 1. The standard InChI is InChI=1S/C13H11BrN2O2S/c1-8(17)11-7-19-13(15-11)16-12(18)10-4-2-9(6-14)3-5-10/h2-5,7H,6H2,1H3,(H,15,16,18). The maximum Gasteiger partial charge on any atom is 0.257 e. The highest BCUT2D eigenvalue weighted by Gasteiger charge is 2.10. The summed E-state index contributed by atoms with van der Waals surface area (Å²) in [7, 11) is 0. The summed E-state index contributed by atoms with van der Waals surface area (Å²) in [6.45, 7) is 1.44. The third kappa shape index (κ3) is 3.48. The molecule has 98 valence electrons. The van der Waals surface area contributed by atoms with Crippen molar-refractivity contribution in [1.82, 2.24) is 4.98 Å². The lowest BCUT2D eigenvalue weighted by molar-refractivity contribution is 0.100. The average Bonchev–Trinajstić information content (AvgIpc) is 2.87. The van der Waals surface area contributed by atoms with Crippen LogP contribution in [0, 0.1) is 0 Å². The summed E-state index contributed by atoms with van der Waals surface area (Å²) in [4.78, 5) is 27.1. The first-order chi connectivity index (χ1) is 9.10. The first-order valence-electron chi connectivity index (χ1n) is 5.53. The van der Waals surface area contributed by atoms with E-state index < -0.39 is 0 Å². The number of thiazole rings is 1. The van der Waals surface area contributed by atoms with E-state index in [0.717, 1.165) is 10.9 Å². The van der Waals surface area contributed by atoms with Gasteiger partial charge in [-0.05, 0) is 17.7 Å². The topological polar surface area (TPSA) is 59.1 Å². The van der Waals surface area contributed by atoms with Gasteiger partial charge in [0.25, 0.3) is 5.91 Å². The molecule has 2 aromatic rings. The predicted octanol–water partition coefficient (Wildman–Crippen LogP) is 3.49. The van der Waals surface area contributed by atoms with E-state index in [2.05, 4.69) is 26.2 Å². The molecule has 1 aromatic heterocycles. The van der Waals surface area contributed by atoms with Crippen molar-refractivity contribution >= 4 is 44.1 Å². The summed E-state index contributed by atoms with van der Waals surface area (Å²) in [5.74, 6) is -0.344. The second kappa shape index (κ2) is 6.08. The van der Waals surface area contributed by atoms with Gasteiger partial charge in [0.2, 0.25) is 0 Å². The summed E-state index contributed by atoms with van der Waals surface area (Å²) in [5, 5.41) is 5.49. The zero-order valence-corrected chi connectivity index (χ0v) is 12.5. The number of carbonyl (C=O) groups is 2. The minimum Gasteiger partial charge on any atom is -0.298 e. The van der Waals surface area contributed by atoms with Gasteiger partial charge < -0.3 is 0 Å². The smallest absolute Gasteiger partial charge is 0.257 e. The van der Waals surface area contributed by atoms with Gasteiger partial charge in [-0.1, -0.05) is 28.1 Å². The Hall–Kier alpha value is -1.53. The number of hydrogen-bond donors (Lipinski definition) is 1. The van der Waals surface area contributed by atoms with Crippen molar-refractivity contribution in [3.05, 3.63) is 46.5 Å². The molecule has 4 nitrogen and oxygen atoms in total. The lowest BCUT2D eigenvalue weighted by Crippen LogP contribution is -2.11. The lowest BCUT2D eigenvalue weighted by Gasteiger charge is -2.02. The van der Waals surface area contributed by atoms with E-state index in [1.807, 2.05) is 12.1 Å². The fourth-order valence-corrected chi connectivity index (χ4v) is 2.53. The van der Waals surface area contributed by atoms with E-state index in [0.29, 0.717) is 16.4 Å². The van der Waals surface area contributed by atoms with Crippen LogP contribution < -0.4 is 5.32 Å². The highest BCUT2D eigenvalue weighted by molar-refractivity contribution is 9.08. The van der Waals surface area contributed by atoms with Crippen molar-refractivity contribution in [2.24, 2.45) is 0 Å². The SMILES string of the molecule is CC(=O)c1csc(NC(=O)c2ccc(CBr)cc2)n1. The van der Waals surface area contributed by atoms with Crippen LogP contribution in [0.1, 0.15) is 33.3 Å². The van der Waals surface area contributed by atoms with Crippen molar-refractivity contribution in [3.8, 4) is 0 Å². The molecule has 1 aromatic carbocycles. The molecule has 0 spiro atoms. The van der Waals surface area contributed by atoms with Crippen LogP contribution in [0.4, 0.5) is 5.13 Å². The minimum absolute atomic E-state index is 0.113. The Morgan fingerprint density at radius 3 is 2.53 bits per heavy atom. The normalized spacial score (nSPS) is 10.2. The highest BCUT2D eigenvalue weighted by Crippen LogP contribution is 2.17. The Morgan fingerprint density at radius 2 is 2.00 bits per heavy atom. The van der Waals surface area contributed by atoms with Gasteiger partial charge in [0.1, 0.15) is 5.69 Å². The number of rotatable bonds is 4. The number of anilines is 1. The van der Waals surface area contributed by atoms with Gasteiger partial charge in [-0.3, -0.25) is 14.9 Å². The first-order valence-corrected chi connectivity index (χ1v) is 7.53. The molecule has 1 amide bonds. The summed E-state index contributed by atoms with van der Waals surface area (Å²) < 4.78 is 0. The Balaban J connectivity index is 2.08. The number of carbonyl (C=O) groups excluding carboxylic acids is 2. The third-order valence-corrected chi connectivity index (χ3v) is 3.86. The van der Waals surface area contributed by atoms with Crippen molar-refractivity contribution in [2.45, 2.75) is 12.3 Å². The molecular formula is C13H11BrN2O2S. The zero-order chi connectivity index (χ0) is 13.8.